The Morgan fingerprint density at radius 2 is 2.14 bits per heavy atom. The molecule has 29 heavy (non-hydrogen) atoms. The molecule has 0 saturated carbocycles. The molecule has 148 valence electrons. The Kier molecular flexibility index (Phi) is 5.14. The third-order valence-electron chi connectivity index (χ3n) is 4.76. The lowest BCUT2D eigenvalue weighted by molar-refractivity contribution is -0.125. The number of fused-ring (bicyclic) bond motifs is 2. The molecule has 0 fully saturated rings. The van der Waals surface area contributed by atoms with Gasteiger partial charge in [0.25, 0.3) is 0 Å². The number of carbonyl (C=O) groups excluding carboxylic acids is 2. The predicted octanol–water partition coefficient (Wildman–Crippen LogP) is 2.88. The zero-order valence-electron chi connectivity index (χ0n) is 16.4. The van der Waals surface area contributed by atoms with Crippen molar-refractivity contribution in [3.8, 4) is 0 Å². The van der Waals surface area contributed by atoms with E-state index in [1.807, 2.05) is 48.3 Å². The van der Waals surface area contributed by atoms with Gasteiger partial charge < -0.3 is 14.6 Å². The minimum absolute atomic E-state index is 0.0792. The Hall–Kier alpha value is -3.45. The van der Waals surface area contributed by atoms with Gasteiger partial charge in [-0.3, -0.25) is 14.5 Å². The van der Waals surface area contributed by atoms with E-state index in [4.69, 9.17) is 4.42 Å². The second kappa shape index (κ2) is 7.89. The number of carbonyl (C=O) groups is 2. The van der Waals surface area contributed by atoms with Gasteiger partial charge in [-0.25, -0.2) is 4.98 Å². The van der Waals surface area contributed by atoms with E-state index >= 15 is 0 Å². The summed E-state index contributed by atoms with van der Waals surface area (Å²) in [6.45, 7) is 1.33. The molecule has 7 nitrogen and oxygen atoms in total. The highest BCUT2D eigenvalue weighted by molar-refractivity contribution is 5.93. The van der Waals surface area contributed by atoms with Gasteiger partial charge in [0, 0.05) is 36.8 Å². The summed E-state index contributed by atoms with van der Waals surface area (Å²) in [6.07, 6.45) is 4.90. The number of rotatable bonds is 4. The number of anilines is 1. The van der Waals surface area contributed by atoms with Crippen molar-refractivity contribution in [2.75, 3.05) is 26.0 Å². The van der Waals surface area contributed by atoms with E-state index in [0.717, 1.165) is 27.9 Å². The van der Waals surface area contributed by atoms with Gasteiger partial charge in [-0.2, -0.15) is 0 Å². The number of aromatic nitrogens is 1. The summed E-state index contributed by atoms with van der Waals surface area (Å²) < 4.78 is 5.78. The quantitative estimate of drug-likeness (QED) is 0.693. The molecule has 7 heteroatoms. The molecule has 0 aliphatic carbocycles. The maximum Gasteiger partial charge on any atom is 0.246 e. The maximum atomic E-state index is 12.5. The van der Waals surface area contributed by atoms with Crippen molar-refractivity contribution in [3.63, 3.8) is 0 Å². The zero-order chi connectivity index (χ0) is 20.4. The van der Waals surface area contributed by atoms with Gasteiger partial charge in [-0.1, -0.05) is 18.2 Å². The number of pyridine rings is 1. The molecule has 4 rings (SSSR count). The first-order valence-corrected chi connectivity index (χ1v) is 9.36. The van der Waals surface area contributed by atoms with Crippen LogP contribution in [0.4, 0.5) is 5.82 Å². The highest BCUT2D eigenvalue weighted by atomic mass is 16.3. The van der Waals surface area contributed by atoms with Gasteiger partial charge in [-0.05, 0) is 36.9 Å². The molecule has 1 aliphatic heterocycles. The minimum atomic E-state index is -0.134. The normalized spacial score (nSPS) is 14.6. The van der Waals surface area contributed by atoms with E-state index in [1.165, 1.54) is 6.08 Å². The minimum Gasteiger partial charge on any atom is -0.459 e. The summed E-state index contributed by atoms with van der Waals surface area (Å²) >= 11 is 0. The monoisotopic (exact) mass is 390 g/mol. The highest BCUT2D eigenvalue weighted by Crippen LogP contribution is 2.21. The van der Waals surface area contributed by atoms with Gasteiger partial charge in [-0.15, -0.1) is 0 Å². The van der Waals surface area contributed by atoms with Crippen LogP contribution >= 0.6 is 0 Å². The van der Waals surface area contributed by atoms with Crippen LogP contribution < -0.4 is 5.32 Å². The second-order valence-corrected chi connectivity index (χ2v) is 7.28. The van der Waals surface area contributed by atoms with Crippen LogP contribution in [0.5, 0.6) is 0 Å². The number of benzene rings is 1. The summed E-state index contributed by atoms with van der Waals surface area (Å²) in [5.41, 5.74) is 2.54. The number of hydrogen-bond donors (Lipinski definition) is 1. The number of para-hydroxylation sites is 1. The summed E-state index contributed by atoms with van der Waals surface area (Å²) in [6, 6.07) is 11.7. The molecule has 0 atom stereocenters. The zero-order valence-corrected chi connectivity index (χ0v) is 16.4. The lowest BCUT2D eigenvalue weighted by atomic mass is 10.1. The van der Waals surface area contributed by atoms with E-state index < -0.39 is 0 Å². The molecule has 1 aliphatic rings. The number of nitrogens with zero attached hydrogens (tertiary/aromatic N) is 3. The Morgan fingerprint density at radius 3 is 2.97 bits per heavy atom. The third kappa shape index (κ3) is 4.35. The average molecular weight is 390 g/mol. The fourth-order valence-electron chi connectivity index (χ4n) is 3.34. The number of likely N-dealkylation sites (N-methyl/N-ethyl adjacent to an activating group) is 2. The predicted molar refractivity (Wildman–Crippen MR) is 111 cm³/mol. The van der Waals surface area contributed by atoms with Crippen LogP contribution in [0.3, 0.4) is 0 Å². The van der Waals surface area contributed by atoms with E-state index in [0.29, 0.717) is 25.5 Å². The van der Waals surface area contributed by atoms with Crippen molar-refractivity contribution < 1.29 is 14.0 Å². The molecule has 0 radical (unpaired) electrons. The van der Waals surface area contributed by atoms with E-state index in [9.17, 15) is 9.59 Å². The molecule has 3 heterocycles. The van der Waals surface area contributed by atoms with Gasteiger partial charge in [0.05, 0.1) is 13.1 Å². The fourth-order valence-corrected chi connectivity index (χ4v) is 3.34. The third-order valence-corrected chi connectivity index (χ3v) is 4.76. The van der Waals surface area contributed by atoms with Crippen molar-refractivity contribution in [2.45, 2.75) is 13.1 Å². The van der Waals surface area contributed by atoms with E-state index in [1.54, 1.807) is 24.2 Å². The topological polar surface area (TPSA) is 78.7 Å². The molecule has 0 saturated heterocycles. The molecule has 0 bridgehead atoms. The van der Waals surface area contributed by atoms with E-state index in [-0.39, 0.29) is 11.8 Å². The Bertz CT molecular complexity index is 1070. The smallest absolute Gasteiger partial charge is 0.246 e. The lowest BCUT2D eigenvalue weighted by Gasteiger charge is -2.13. The first kappa shape index (κ1) is 18.9. The molecule has 1 aromatic carbocycles. The Balaban J connectivity index is 1.44. The van der Waals surface area contributed by atoms with Crippen molar-refractivity contribution in [1.29, 1.82) is 0 Å². The number of nitrogens with one attached hydrogen (secondary N) is 1. The van der Waals surface area contributed by atoms with Gasteiger partial charge in [0.2, 0.25) is 11.8 Å². The van der Waals surface area contributed by atoms with Crippen LogP contribution in [-0.4, -0.2) is 47.2 Å². The summed E-state index contributed by atoms with van der Waals surface area (Å²) in [5.74, 6) is 1.10. The first-order chi connectivity index (χ1) is 14.0. The number of furan rings is 1. The molecule has 0 spiro atoms. The number of amides is 2. The fraction of sp³-hybridized carbons (Fsp3) is 0.227. The van der Waals surface area contributed by atoms with Crippen molar-refractivity contribution >= 4 is 34.7 Å². The van der Waals surface area contributed by atoms with E-state index in [2.05, 4.69) is 10.3 Å². The van der Waals surface area contributed by atoms with Crippen LogP contribution in [0.25, 0.3) is 17.0 Å². The van der Waals surface area contributed by atoms with Crippen LogP contribution in [0, 0.1) is 0 Å². The SMILES string of the molecule is CN1CC(=O)Nc2ncc(C=CC(=O)N(C)Cc3cc4ccccc4o3)cc2C1. The molecule has 3 aromatic rings. The van der Waals surface area contributed by atoms with Gasteiger partial charge in [0.15, 0.2) is 0 Å². The maximum absolute atomic E-state index is 12.5. The number of hydrogen-bond acceptors (Lipinski definition) is 5. The first-order valence-electron chi connectivity index (χ1n) is 9.36. The molecular weight excluding hydrogens is 368 g/mol. The molecular formula is C22H22N4O3. The standard InChI is InChI=1S/C22H22N4O3/c1-25-12-17-9-15(11-23-22(17)24-20(27)14-25)7-8-21(28)26(2)13-18-10-16-5-3-4-6-19(16)29-18/h3-11H,12-14H2,1-2H3,(H,23,24,27). The molecule has 0 unspecified atom stereocenters. The second-order valence-electron chi connectivity index (χ2n) is 7.28. The lowest BCUT2D eigenvalue weighted by Crippen LogP contribution is -2.26. The summed E-state index contributed by atoms with van der Waals surface area (Å²) in [4.78, 5) is 32.1. The van der Waals surface area contributed by atoms with Gasteiger partial charge in [0.1, 0.15) is 17.2 Å². The van der Waals surface area contributed by atoms with Crippen LogP contribution in [0.2, 0.25) is 0 Å². The van der Waals surface area contributed by atoms with Gasteiger partial charge >= 0.3 is 0 Å². The summed E-state index contributed by atoms with van der Waals surface area (Å²) in [7, 11) is 3.62. The van der Waals surface area contributed by atoms with Crippen molar-refractivity contribution in [1.82, 2.24) is 14.8 Å². The summed E-state index contributed by atoms with van der Waals surface area (Å²) in [5, 5.41) is 3.82. The average Bonchev–Trinajstić information content (AvgIpc) is 3.02. The Labute approximate surface area is 168 Å². The van der Waals surface area contributed by atoms with Crippen LogP contribution in [0.1, 0.15) is 16.9 Å². The van der Waals surface area contributed by atoms with Crippen molar-refractivity contribution in [2.24, 2.45) is 0 Å². The molecule has 1 N–H and O–H groups in total. The van der Waals surface area contributed by atoms with Crippen LogP contribution in [0.15, 0.2) is 53.1 Å². The Morgan fingerprint density at radius 1 is 1.31 bits per heavy atom. The largest absolute Gasteiger partial charge is 0.459 e. The van der Waals surface area contributed by atoms with Crippen LogP contribution in [-0.2, 0) is 22.7 Å². The van der Waals surface area contributed by atoms with Crippen molar-refractivity contribution in [3.05, 3.63) is 65.6 Å². The molecule has 2 amide bonds. The molecule has 2 aromatic heterocycles. The highest BCUT2D eigenvalue weighted by Gasteiger charge is 2.17.